The third-order valence-electron chi connectivity index (χ3n) is 8.55. The summed E-state index contributed by atoms with van der Waals surface area (Å²) in [4.78, 5) is 17.0. The molecule has 5 nitrogen and oxygen atoms in total. The van der Waals surface area contributed by atoms with Crippen molar-refractivity contribution in [1.82, 2.24) is 9.80 Å². The molecule has 1 aliphatic carbocycles. The Labute approximate surface area is 200 Å². The van der Waals surface area contributed by atoms with Gasteiger partial charge in [0.15, 0.2) is 0 Å². The van der Waals surface area contributed by atoms with Crippen molar-refractivity contribution in [3.63, 3.8) is 0 Å². The molecule has 2 aliphatic heterocycles. The van der Waals surface area contributed by atoms with Gasteiger partial charge in [-0.25, -0.2) is 0 Å². The van der Waals surface area contributed by atoms with E-state index in [0.29, 0.717) is 11.8 Å². The van der Waals surface area contributed by atoms with Gasteiger partial charge >= 0.3 is 5.97 Å². The first kappa shape index (κ1) is 24.4. The topological polar surface area (TPSA) is 67.6 Å². The van der Waals surface area contributed by atoms with Crippen LogP contribution in [0.2, 0.25) is 0 Å². The van der Waals surface area contributed by atoms with E-state index in [1.165, 1.54) is 69.8 Å². The predicted octanol–water partition coefficient (Wildman–Crippen LogP) is 5.07. The van der Waals surface area contributed by atoms with Crippen LogP contribution in [0, 0.1) is 23.2 Å². The lowest BCUT2D eigenvalue weighted by Crippen LogP contribution is -2.46. The number of likely N-dealkylation sites (tertiary alicyclic amines) is 2. The van der Waals surface area contributed by atoms with Crippen LogP contribution in [0.3, 0.4) is 0 Å². The van der Waals surface area contributed by atoms with Crippen molar-refractivity contribution in [3.05, 3.63) is 35.4 Å². The van der Waals surface area contributed by atoms with Crippen molar-refractivity contribution in [1.29, 1.82) is 5.41 Å². The summed E-state index contributed by atoms with van der Waals surface area (Å²) in [5, 5.41) is 17.5. The van der Waals surface area contributed by atoms with Crippen molar-refractivity contribution < 1.29 is 9.90 Å². The minimum absolute atomic E-state index is 0.251. The first-order chi connectivity index (χ1) is 16.1. The Morgan fingerprint density at radius 2 is 1.76 bits per heavy atom. The van der Waals surface area contributed by atoms with Crippen LogP contribution in [0.15, 0.2) is 24.3 Å². The summed E-state index contributed by atoms with van der Waals surface area (Å²) in [5.41, 5.74) is 2.37. The summed E-state index contributed by atoms with van der Waals surface area (Å²) < 4.78 is 0. The number of nitrogens with one attached hydrogen (secondary N) is 1. The highest BCUT2D eigenvalue weighted by atomic mass is 16.4. The second kappa shape index (κ2) is 12.1. The fraction of sp³-hybridized carbons (Fsp3) is 0.714. The molecule has 1 saturated carbocycles. The Kier molecular flexibility index (Phi) is 8.96. The number of rotatable bonds is 10. The van der Waals surface area contributed by atoms with Crippen molar-refractivity contribution in [2.75, 3.05) is 32.7 Å². The van der Waals surface area contributed by atoms with Gasteiger partial charge in [0.1, 0.15) is 6.04 Å². The van der Waals surface area contributed by atoms with Gasteiger partial charge in [-0.15, -0.1) is 0 Å². The Balaban J connectivity index is 1.16. The monoisotopic (exact) mass is 453 g/mol. The minimum atomic E-state index is -0.591. The standard InChI is InChI=1S/C28H43N3O2/c29-19-26-11-5-4-8-24(26)12-6-7-22-13-16-30(17-14-22)20-23-15-18-31(21-23)27(28(32)33)25-9-2-1-3-10-25/h4-5,8,11,19,22-23,25,27,29H,1-3,6-7,9-10,12-18,20-21H2,(H,32,33). The molecular formula is C28H43N3O2. The number of carboxylic acid groups (broad SMARTS) is 1. The van der Waals surface area contributed by atoms with E-state index in [1.54, 1.807) is 0 Å². The molecule has 2 unspecified atom stereocenters. The quantitative estimate of drug-likeness (QED) is 0.485. The lowest BCUT2D eigenvalue weighted by atomic mass is 9.83. The number of hydrogen-bond acceptors (Lipinski definition) is 4. The average Bonchev–Trinajstić information content (AvgIpc) is 3.28. The number of carbonyl (C=O) groups is 1. The molecule has 4 rings (SSSR count). The van der Waals surface area contributed by atoms with Crippen LogP contribution in [0.25, 0.3) is 0 Å². The first-order valence-electron chi connectivity index (χ1n) is 13.4. The van der Waals surface area contributed by atoms with Crippen LogP contribution in [-0.4, -0.2) is 65.9 Å². The van der Waals surface area contributed by atoms with Gasteiger partial charge in [0.05, 0.1) is 0 Å². The molecule has 5 heteroatoms. The van der Waals surface area contributed by atoms with E-state index in [2.05, 4.69) is 21.9 Å². The SMILES string of the molecule is N=Cc1ccccc1CCCC1CCN(CC2CCN(C(C(=O)O)C3CCCCC3)C2)CC1. The van der Waals surface area contributed by atoms with E-state index in [0.717, 1.165) is 56.8 Å². The number of nitrogens with zero attached hydrogens (tertiary/aromatic N) is 2. The molecule has 1 aromatic carbocycles. The third kappa shape index (κ3) is 6.66. The fourth-order valence-corrected chi connectivity index (χ4v) is 6.68. The summed E-state index contributed by atoms with van der Waals surface area (Å²) in [5.74, 6) is 1.23. The van der Waals surface area contributed by atoms with Gasteiger partial charge < -0.3 is 15.4 Å². The second-order valence-electron chi connectivity index (χ2n) is 10.8. The van der Waals surface area contributed by atoms with Crippen molar-refractivity contribution in [2.24, 2.45) is 17.8 Å². The van der Waals surface area contributed by atoms with Crippen LogP contribution in [0.4, 0.5) is 0 Å². The van der Waals surface area contributed by atoms with Crippen molar-refractivity contribution in [2.45, 2.75) is 76.7 Å². The molecule has 0 radical (unpaired) electrons. The van der Waals surface area contributed by atoms with Crippen LogP contribution < -0.4 is 0 Å². The molecule has 0 bridgehead atoms. The highest BCUT2D eigenvalue weighted by Crippen LogP contribution is 2.32. The Bertz CT molecular complexity index is 768. The summed E-state index contributed by atoms with van der Waals surface area (Å²) in [7, 11) is 0. The number of carboxylic acids is 1. The fourth-order valence-electron chi connectivity index (χ4n) is 6.68. The smallest absolute Gasteiger partial charge is 0.321 e. The van der Waals surface area contributed by atoms with Crippen LogP contribution in [-0.2, 0) is 11.2 Å². The number of benzene rings is 1. The Morgan fingerprint density at radius 1 is 1.03 bits per heavy atom. The second-order valence-corrected chi connectivity index (χ2v) is 10.8. The van der Waals surface area contributed by atoms with Gasteiger partial charge in [-0.05, 0) is 93.5 Å². The molecule has 182 valence electrons. The molecule has 33 heavy (non-hydrogen) atoms. The number of piperidine rings is 1. The zero-order valence-corrected chi connectivity index (χ0v) is 20.3. The van der Waals surface area contributed by atoms with E-state index in [9.17, 15) is 9.90 Å². The highest BCUT2D eigenvalue weighted by Gasteiger charge is 2.38. The maximum absolute atomic E-state index is 12.1. The summed E-state index contributed by atoms with van der Waals surface area (Å²) in [6.45, 7) is 5.48. The Morgan fingerprint density at radius 3 is 2.48 bits per heavy atom. The van der Waals surface area contributed by atoms with E-state index in [1.807, 2.05) is 12.1 Å². The molecule has 3 fully saturated rings. The summed E-state index contributed by atoms with van der Waals surface area (Å²) >= 11 is 0. The minimum Gasteiger partial charge on any atom is -0.480 e. The summed E-state index contributed by atoms with van der Waals surface area (Å²) in [6.07, 6.45) is 14.7. The molecule has 2 heterocycles. The van der Waals surface area contributed by atoms with Gasteiger partial charge in [-0.3, -0.25) is 9.69 Å². The number of aryl methyl sites for hydroxylation is 1. The van der Waals surface area contributed by atoms with Gasteiger partial charge in [-0.2, -0.15) is 0 Å². The first-order valence-corrected chi connectivity index (χ1v) is 13.4. The maximum Gasteiger partial charge on any atom is 0.321 e. The maximum atomic E-state index is 12.1. The van der Waals surface area contributed by atoms with Gasteiger partial charge in [0.2, 0.25) is 0 Å². The zero-order valence-electron chi connectivity index (χ0n) is 20.3. The Hall–Kier alpha value is -1.72. The normalized spacial score (nSPS) is 24.7. The van der Waals surface area contributed by atoms with Gasteiger partial charge in [-0.1, -0.05) is 49.9 Å². The molecule has 2 atom stereocenters. The lowest BCUT2D eigenvalue weighted by molar-refractivity contribution is -0.145. The third-order valence-corrected chi connectivity index (χ3v) is 8.55. The molecular weight excluding hydrogens is 410 g/mol. The number of hydrogen-bond donors (Lipinski definition) is 2. The van der Waals surface area contributed by atoms with Crippen molar-refractivity contribution >= 4 is 12.2 Å². The van der Waals surface area contributed by atoms with Crippen LogP contribution in [0.5, 0.6) is 0 Å². The molecule has 0 spiro atoms. The lowest BCUT2D eigenvalue weighted by Gasteiger charge is -2.35. The largest absolute Gasteiger partial charge is 0.480 e. The molecule has 0 aromatic heterocycles. The zero-order chi connectivity index (χ0) is 23.0. The summed E-state index contributed by atoms with van der Waals surface area (Å²) in [6, 6.07) is 8.05. The molecule has 2 saturated heterocycles. The van der Waals surface area contributed by atoms with Gasteiger partial charge in [0, 0.05) is 19.3 Å². The van der Waals surface area contributed by atoms with E-state index in [-0.39, 0.29) is 6.04 Å². The van der Waals surface area contributed by atoms with Crippen LogP contribution in [0.1, 0.15) is 75.3 Å². The molecule has 1 aromatic rings. The van der Waals surface area contributed by atoms with Crippen molar-refractivity contribution in [3.8, 4) is 0 Å². The van der Waals surface area contributed by atoms with Gasteiger partial charge in [0.25, 0.3) is 0 Å². The highest BCUT2D eigenvalue weighted by molar-refractivity contribution is 5.79. The average molecular weight is 454 g/mol. The van der Waals surface area contributed by atoms with E-state index < -0.39 is 5.97 Å². The predicted molar refractivity (Wildman–Crippen MR) is 134 cm³/mol. The van der Waals surface area contributed by atoms with Crippen LogP contribution >= 0.6 is 0 Å². The molecule has 0 amide bonds. The van der Waals surface area contributed by atoms with E-state index in [4.69, 9.17) is 5.41 Å². The molecule has 2 N–H and O–H groups in total. The van der Waals surface area contributed by atoms with E-state index >= 15 is 0 Å². The number of aliphatic carboxylic acids is 1. The molecule has 3 aliphatic rings.